The predicted octanol–water partition coefficient (Wildman–Crippen LogP) is 3.25. The molecule has 0 amide bonds. The summed E-state index contributed by atoms with van der Waals surface area (Å²) < 4.78 is 0. The van der Waals surface area contributed by atoms with Crippen LogP contribution >= 0.6 is 0 Å². The molecule has 2 heteroatoms. The van der Waals surface area contributed by atoms with Gasteiger partial charge in [0.25, 0.3) is 0 Å². The van der Waals surface area contributed by atoms with Crippen LogP contribution in [0, 0.1) is 6.92 Å². The molecule has 0 spiro atoms. The van der Waals surface area contributed by atoms with Crippen molar-refractivity contribution in [3.05, 3.63) is 23.8 Å². The Hall–Kier alpha value is -1.18. The molecule has 0 bridgehead atoms. The van der Waals surface area contributed by atoms with Gasteiger partial charge >= 0.3 is 0 Å². The van der Waals surface area contributed by atoms with Crippen molar-refractivity contribution in [3.8, 4) is 0 Å². The molecule has 78 valence electrons. The van der Waals surface area contributed by atoms with Gasteiger partial charge in [-0.2, -0.15) is 0 Å². The highest BCUT2D eigenvalue weighted by Crippen LogP contribution is 2.19. The molecule has 0 saturated heterocycles. The molecule has 0 unspecified atom stereocenters. The van der Waals surface area contributed by atoms with Gasteiger partial charge in [0.05, 0.1) is 0 Å². The normalized spacial score (nSPS) is 9.93. The summed E-state index contributed by atoms with van der Waals surface area (Å²) in [5.74, 6) is 0. The molecule has 2 nitrogen and oxygen atoms in total. The van der Waals surface area contributed by atoms with Crippen molar-refractivity contribution in [3.63, 3.8) is 0 Å². The van der Waals surface area contributed by atoms with E-state index >= 15 is 0 Å². The molecule has 0 atom stereocenters. The largest absolute Gasteiger partial charge is 0.385 e. The second kappa shape index (κ2) is 5.53. The van der Waals surface area contributed by atoms with E-state index < -0.39 is 0 Å². The first-order valence-corrected chi connectivity index (χ1v) is 5.36. The topological polar surface area (TPSA) is 24.1 Å². The summed E-state index contributed by atoms with van der Waals surface area (Å²) in [7, 11) is 0. The average molecular weight is 192 g/mol. The van der Waals surface area contributed by atoms with E-state index in [4.69, 9.17) is 0 Å². The lowest BCUT2D eigenvalue weighted by molar-refractivity contribution is 0.979. The molecule has 14 heavy (non-hydrogen) atoms. The van der Waals surface area contributed by atoms with Gasteiger partial charge < -0.3 is 10.6 Å². The highest BCUT2D eigenvalue weighted by atomic mass is 14.9. The van der Waals surface area contributed by atoms with Crippen LogP contribution in [0.5, 0.6) is 0 Å². The van der Waals surface area contributed by atoms with Crippen LogP contribution in [0.15, 0.2) is 18.2 Å². The van der Waals surface area contributed by atoms with E-state index in [9.17, 15) is 0 Å². The number of hydrogen-bond acceptors (Lipinski definition) is 2. The Morgan fingerprint density at radius 2 is 1.93 bits per heavy atom. The van der Waals surface area contributed by atoms with Crippen LogP contribution in [0.3, 0.4) is 0 Å². The molecule has 0 aliphatic rings. The molecule has 0 aliphatic carbocycles. The molecule has 1 aromatic carbocycles. The van der Waals surface area contributed by atoms with Gasteiger partial charge in [-0.15, -0.1) is 0 Å². The third-order valence-corrected chi connectivity index (χ3v) is 2.17. The molecule has 1 aromatic rings. The molecule has 0 radical (unpaired) electrons. The second-order valence-electron chi connectivity index (χ2n) is 3.49. The lowest BCUT2D eigenvalue weighted by Crippen LogP contribution is -2.02. The fourth-order valence-electron chi connectivity index (χ4n) is 1.43. The maximum absolute atomic E-state index is 3.38. The van der Waals surface area contributed by atoms with Crippen molar-refractivity contribution < 1.29 is 0 Å². The van der Waals surface area contributed by atoms with Crippen molar-refractivity contribution in [2.24, 2.45) is 0 Å². The van der Waals surface area contributed by atoms with Crippen LogP contribution in [0.2, 0.25) is 0 Å². The van der Waals surface area contributed by atoms with Crippen LogP contribution in [0.4, 0.5) is 11.4 Å². The number of anilines is 2. The molecule has 0 saturated carbocycles. The van der Waals surface area contributed by atoms with Gasteiger partial charge in [0.2, 0.25) is 0 Å². The lowest BCUT2D eigenvalue weighted by Gasteiger charge is -2.10. The zero-order valence-electron chi connectivity index (χ0n) is 9.35. The summed E-state index contributed by atoms with van der Waals surface area (Å²) in [5, 5.41) is 6.71. The van der Waals surface area contributed by atoms with Crippen LogP contribution in [0.25, 0.3) is 0 Å². The molecular formula is C12H20N2. The van der Waals surface area contributed by atoms with Crippen LogP contribution in [0.1, 0.15) is 25.8 Å². The Balaban J connectivity index is 2.68. The summed E-state index contributed by atoms with van der Waals surface area (Å²) in [4.78, 5) is 0. The highest BCUT2D eigenvalue weighted by molar-refractivity contribution is 5.59. The first-order chi connectivity index (χ1) is 6.77. The summed E-state index contributed by atoms with van der Waals surface area (Å²) in [6.07, 6.45) is 1.16. The number of nitrogens with one attached hydrogen (secondary N) is 2. The third-order valence-electron chi connectivity index (χ3n) is 2.17. The van der Waals surface area contributed by atoms with Crippen molar-refractivity contribution in [1.82, 2.24) is 0 Å². The summed E-state index contributed by atoms with van der Waals surface area (Å²) >= 11 is 0. The molecule has 2 N–H and O–H groups in total. The molecule has 0 aliphatic heterocycles. The number of benzene rings is 1. The Kier molecular flexibility index (Phi) is 4.30. The average Bonchev–Trinajstić information content (AvgIpc) is 2.19. The molecule has 0 fully saturated rings. The van der Waals surface area contributed by atoms with Gasteiger partial charge in [-0.1, -0.05) is 6.92 Å². The molecule has 0 heterocycles. The number of hydrogen-bond donors (Lipinski definition) is 2. The Labute approximate surface area is 86.7 Å². The zero-order chi connectivity index (χ0) is 10.4. The molecule has 0 aromatic heterocycles. The van der Waals surface area contributed by atoms with E-state index in [1.807, 2.05) is 0 Å². The standard InChI is InChI=1S/C12H20N2/c1-4-8-14-11-6-7-12(13-5-2)10(3)9-11/h6-7,9,13-14H,4-5,8H2,1-3H3. The van der Waals surface area contributed by atoms with Gasteiger partial charge in [0.15, 0.2) is 0 Å². The lowest BCUT2D eigenvalue weighted by atomic mass is 10.1. The van der Waals surface area contributed by atoms with E-state index in [0.29, 0.717) is 0 Å². The van der Waals surface area contributed by atoms with Crippen molar-refractivity contribution >= 4 is 11.4 Å². The van der Waals surface area contributed by atoms with Gasteiger partial charge in [-0.05, 0) is 44.0 Å². The van der Waals surface area contributed by atoms with Crippen molar-refractivity contribution in [2.45, 2.75) is 27.2 Å². The molecule has 1 rings (SSSR count). The maximum atomic E-state index is 3.38. The Morgan fingerprint density at radius 1 is 1.14 bits per heavy atom. The summed E-state index contributed by atoms with van der Waals surface area (Å²) in [5.41, 5.74) is 3.74. The fraction of sp³-hybridized carbons (Fsp3) is 0.500. The van der Waals surface area contributed by atoms with Gasteiger partial charge in [-0.25, -0.2) is 0 Å². The predicted molar refractivity (Wildman–Crippen MR) is 64.1 cm³/mol. The quantitative estimate of drug-likeness (QED) is 0.748. The fourth-order valence-corrected chi connectivity index (χ4v) is 1.43. The second-order valence-corrected chi connectivity index (χ2v) is 3.49. The van der Waals surface area contributed by atoms with Gasteiger partial charge in [0, 0.05) is 24.5 Å². The van der Waals surface area contributed by atoms with E-state index in [1.54, 1.807) is 0 Å². The van der Waals surface area contributed by atoms with Crippen molar-refractivity contribution in [1.29, 1.82) is 0 Å². The number of rotatable bonds is 5. The summed E-state index contributed by atoms with van der Waals surface area (Å²) in [6.45, 7) is 8.44. The van der Waals surface area contributed by atoms with Crippen molar-refractivity contribution in [2.75, 3.05) is 23.7 Å². The SMILES string of the molecule is CCCNc1ccc(NCC)c(C)c1. The maximum Gasteiger partial charge on any atom is 0.0371 e. The first kappa shape index (κ1) is 10.9. The third kappa shape index (κ3) is 2.95. The Morgan fingerprint density at radius 3 is 2.50 bits per heavy atom. The van der Waals surface area contributed by atoms with E-state index in [1.165, 1.54) is 16.9 Å². The smallest absolute Gasteiger partial charge is 0.0371 e. The minimum absolute atomic E-state index is 0.975. The minimum atomic E-state index is 0.975. The van der Waals surface area contributed by atoms with Gasteiger partial charge in [0.1, 0.15) is 0 Å². The number of aryl methyl sites for hydroxylation is 1. The highest BCUT2D eigenvalue weighted by Gasteiger charge is 1.97. The Bertz CT molecular complexity index is 282. The molecular weight excluding hydrogens is 172 g/mol. The summed E-state index contributed by atoms with van der Waals surface area (Å²) in [6, 6.07) is 6.45. The minimum Gasteiger partial charge on any atom is -0.385 e. The van der Waals surface area contributed by atoms with E-state index in [-0.39, 0.29) is 0 Å². The van der Waals surface area contributed by atoms with Crippen LogP contribution < -0.4 is 10.6 Å². The van der Waals surface area contributed by atoms with Crippen LogP contribution in [-0.4, -0.2) is 13.1 Å². The van der Waals surface area contributed by atoms with E-state index in [2.05, 4.69) is 49.6 Å². The van der Waals surface area contributed by atoms with Crippen LogP contribution in [-0.2, 0) is 0 Å². The van der Waals surface area contributed by atoms with E-state index in [0.717, 1.165) is 19.5 Å². The monoisotopic (exact) mass is 192 g/mol. The first-order valence-electron chi connectivity index (χ1n) is 5.36. The van der Waals surface area contributed by atoms with Gasteiger partial charge in [-0.3, -0.25) is 0 Å². The zero-order valence-corrected chi connectivity index (χ0v) is 9.35.